The van der Waals surface area contributed by atoms with Crippen molar-refractivity contribution in [1.82, 2.24) is 0 Å². The van der Waals surface area contributed by atoms with Crippen LogP contribution in [0.25, 0.3) is 0 Å². The van der Waals surface area contributed by atoms with Gasteiger partial charge in [0, 0.05) is 0 Å². The Hall–Kier alpha value is -1.35. The third-order valence-electron chi connectivity index (χ3n) is 4.81. The first-order valence-electron chi connectivity index (χ1n) is 7.14. The number of aliphatic hydroxyl groups is 1. The van der Waals surface area contributed by atoms with Crippen molar-refractivity contribution in [2.75, 3.05) is 0 Å². The van der Waals surface area contributed by atoms with E-state index in [1.54, 1.807) is 0 Å². The van der Waals surface area contributed by atoms with E-state index in [0.717, 1.165) is 56.1 Å². The molecular weight excluding hydrogens is 240 g/mol. The number of carboxylic acid groups (broad SMARTS) is 1. The molecule has 3 heteroatoms. The van der Waals surface area contributed by atoms with Crippen molar-refractivity contribution < 1.29 is 15.0 Å². The van der Waals surface area contributed by atoms with Gasteiger partial charge in [0.15, 0.2) is 0 Å². The highest BCUT2D eigenvalue weighted by Crippen LogP contribution is 2.46. The fourth-order valence-electron chi connectivity index (χ4n) is 3.29. The molecule has 0 aliphatic heterocycles. The molecular formula is C16H20O3. The fourth-order valence-corrected chi connectivity index (χ4v) is 3.29. The van der Waals surface area contributed by atoms with E-state index in [9.17, 15) is 15.0 Å². The van der Waals surface area contributed by atoms with Gasteiger partial charge in [0.25, 0.3) is 0 Å². The van der Waals surface area contributed by atoms with Crippen molar-refractivity contribution in [2.24, 2.45) is 0 Å². The molecule has 2 saturated carbocycles. The van der Waals surface area contributed by atoms with Gasteiger partial charge in [-0.1, -0.05) is 43.5 Å². The van der Waals surface area contributed by atoms with Crippen LogP contribution in [0, 0.1) is 0 Å². The summed E-state index contributed by atoms with van der Waals surface area (Å²) in [7, 11) is 0. The van der Waals surface area contributed by atoms with E-state index in [4.69, 9.17) is 0 Å². The summed E-state index contributed by atoms with van der Waals surface area (Å²) in [6.45, 7) is 0. The highest BCUT2D eigenvalue weighted by molar-refractivity contribution is 5.81. The van der Waals surface area contributed by atoms with Crippen LogP contribution < -0.4 is 0 Å². The van der Waals surface area contributed by atoms with Gasteiger partial charge in [-0.25, -0.2) is 0 Å². The number of rotatable bonds is 3. The first-order valence-corrected chi connectivity index (χ1v) is 7.14. The van der Waals surface area contributed by atoms with E-state index < -0.39 is 17.0 Å². The quantitative estimate of drug-likeness (QED) is 0.878. The molecule has 1 aromatic rings. The zero-order valence-electron chi connectivity index (χ0n) is 11.1. The predicted octanol–water partition coefficient (Wildman–Crippen LogP) is 2.95. The molecule has 0 radical (unpaired) electrons. The van der Waals surface area contributed by atoms with Crippen molar-refractivity contribution in [2.45, 2.75) is 56.0 Å². The van der Waals surface area contributed by atoms with Crippen molar-refractivity contribution in [3.8, 4) is 0 Å². The standard InChI is InChI=1S/C16H20O3/c17-14(18)15(8-2-1-3-9-15)12-4-6-13(7-5-12)16(19)10-11-16/h4-7,19H,1-3,8-11H2,(H,17,18). The Morgan fingerprint density at radius 2 is 1.42 bits per heavy atom. The number of hydrogen-bond acceptors (Lipinski definition) is 2. The van der Waals surface area contributed by atoms with Crippen LogP contribution in [0.4, 0.5) is 0 Å². The molecule has 2 fully saturated rings. The summed E-state index contributed by atoms with van der Waals surface area (Å²) in [5, 5.41) is 19.7. The van der Waals surface area contributed by atoms with Crippen molar-refractivity contribution in [1.29, 1.82) is 0 Å². The summed E-state index contributed by atoms with van der Waals surface area (Å²) in [4.78, 5) is 11.7. The number of hydrogen-bond donors (Lipinski definition) is 2. The van der Waals surface area contributed by atoms with Gasteiger partial charge in [-0.05, 0) is 36.8 Å². The Bertz CT molecular complexity index is 479. The molecule has 1 aromatic carbocycles. The molecule has 0 atom stereocenters. The van der Waals surface area contributed by atoms with Crippen molar-refractivity contribution >= 4 is 5.97 Å². The lowest BCUT2D eigenvalue weighted by Gasteiger charge is -2.33. The lowest BCUT2D eigenvalue weighted by molar-refractivity contribution is -0.145. The number of carbonyl (C=O) groups is 1. The van der Waals surface area contributed by atoms with Gasteiger partial charge in [-0.3, -0.25) is 4.79 Å². The summed E-state index contributed by atoms with van der Waals surface area (Å²) < 4.78 is 0. The van der Waals surface area contributed by atoms with Gasteiger partial charge in [0.05, 0.1) is 11.0 Å². The molecule has 2 aliphatic rings. The van der Waals surface area contributed by atoms with Crippen LogP contribution in [0.1, 0.15) is 56.1 Å². The summed E-state index contributed by atoms with van der Waals surface area (Å²) in [5.41, 5.74) is 0.477. The van der Waals surface area contributed by atoms with Crippen LogP contribution in [-0.4, -0.2) is 16.2 Å². The molecule has 0 saturated heterocycles. The van der Waals surface area contributed by atoms with Gasteiger partial charge in [0.1, 0.15) is 0 Å². The van der Waals surface area contributed by atoms with Crippen LogP contribution in [0.3, 0.4) is 0 Å². The molecule has 0 spiro atoms. The smallest absolute Gasteiger partial charge is 0.314 e. The summed E-state index contributed by atoms with van der Waals surface area (Å²) in [6, 6.07) is 7.62. The van der Waals surface area contributed by atoms with E-state index in [2.05, 4.69) is 0 Å². The van der Waals surface area contributed by atoms with E-state index in [0.29, 0.717) is 0 Å². The second kappa shape index (κ2) is 4.34. The van der Waals surface area contributed by atoms with Gasteiger partial charge >= 0.3 is 5.97 Å². The topological polar surface area (TPSA) is 57.5 Å². The zero-order valence-corrected chi connectivity index (χ0v) is 11.1. The van der Waals surface area contributed by atoms with Crippen LogP contribution in [-0.2, 0) is 15.8 Å². The SMILES string of the molecule is O=C(O)C1(c2ccc(C3(O)CC3)cc2)CCCCC1. The molecule has 3 nitrogen and oxygen atoms in total. The highest BCUT2D eigenvalue weighted by atomic mass is 16.4. The van der Waals surface area contributed by atoms with Gasteiger partial charge in [-0.15, -0.1) is 0 Å². The molecule has 2 N–H and O–H groups in total. The molecule has 0 heterocycles. The number of aliphatic carboxylic acids is 1. The first kappa shape index (κ1) is 12.7. The average Bonchev–Trinajstić information content (AvgIpc) is 3.19. The maximum absolute atomic E-state index is 11.7. The molecule has 0 bridgehead atoms. The monoisotopic (exact) mass is 260 g/mol. The third-order valence-corrected chi connectivity index (χ3v) is 4.81. The van der Waals surface area contributed by atoms with Crippen molar-refractivity contribution in [3.63, 3.8) is 0 Å². The maximum atomic E-state index is 11.7. The normalized spacial score (nSPS) is 23.8. The summed E-state index contributed by atoms with van der Waals surface area (Å²) in [5.74, 6) is -0.704. The summed E-state index contributed by atoms with van der Waals surface area (Å²) >= 11 is 0. The fraction of sp³-hybridized carbons (Fsp3) is 0.562. The maximum Gasteiger partial charge on any atom is 0.314 e. The number of carboxylic acids is 1. The predicted molar refractivity (Wildman–Crippen MR) is 72.0 cm³/mol. The van der Waals surface area contributed by atoms with Gasteiger partial charge in [0.2, 0.25) is 0 Å². The lowest BCUT2D eigenvalue weighted by atomic mass is 9.69. The van der Waals surface area contributed by atoms with Crippen molar-refractivity contribution in [3.05, 3.63) is 35.4 Å². The highest BCUT2D eigenvalue weighted by Gasteiger charge is 2.44. The molecule has 2 aliphatic carbocycles. The minimum atomic E-state index is -0.705. The van der Waals surface area contributed by atoms with Crippen LogP contribution in [0.2, 0.25) is 0 Å². The Kier molecular flexibility index (Phi) is 2.90. The first-order chi connectivity index (χ1) is 9.07. The molecule has 0 aromatic heterocycles. The molecule has 0 unspecified atom stereocenters. The third kappa shape index (κ3) is 2.06. The molecule has 19 heavy (non-hydrogen) atoms. The Morgan fingerprint density at radius 1 is 0.895 bits per heavy atom. The zero-order chi connectivity index (χ0) is 13.5. The minimum Gasteiger partial charge on any atom is -0.481 e. The Labute approximate surface area is 113 Å². The van der Waals surface area contributed by atoms with E-state index in [1.165, 1.54) is 0 Å². The van der Waals surface area contributed by atoms with Gasteiger partial charge in [-0.2, -0.15) is 0 Å². The minimum absolute atomic E-state index is 0.637. The second-order valence-corrected chi connectivity index (χ2v) is 6.06. The van der Waals surface area contributed by atoms with E-state index in [-0.39, 0.29) is 0 Å². The van der Waals surface area contributed by atoms with Crippen LogP contribution in [0.15, 0.2) is 24.3 Å². The van der Waals surface area contributed by atoms with Gasteiger partial charge < -0.3 is 10.2 Å². The summed E-state index contributed by atoms with van der Waals surface area (Å²) in [6.07, 6.45) is 6.19. The molecule has 0 amide bonds. The Morgan fingerprint density at radius 3 is 1.89 bits per heavy atom. The lowest BCUT2D eigenvalue weighted by Crippen LogP contribution is -2.37. The largest absolute Gasteiger partial charge is 0.481 e. The second-order valence-electron chi connectivity index (χ2n) is 6.06. The van der Waals surface area contributed by atoms with E-state index in [1.807, 2.05) is 24.3 Å². The average molecular weight is 260 g/mol. The molecule has 3 rings (SSSR count). The molecule has 102 valence electrons. The van der Waals surface area contributed by atoms with Crippen LogP contribution >= 0.6 is 0 Å². The van der Waals surface area contributed by atoms with E-state index >= 15 is 0 Å². The Balaban J connectivity index is 1.92. The van der Waals surface area contributed by atoms with Crippen LogP contribution in [0.5, 0.6) is 0 Å². The number of benzene rings is 1.